The summed E-state index contributed by atoms with van der Waals surface area (Å²) >= 11 is 6.28. The molecule has 0 aliphatic carbocycles. The number of thioether (sulfide) groups is 1. The van der Waals surface area contributed by atoms with Gasteiger partial charge in [0.2, 0.25) is 0 Å². The number of hydrogen-bond acceptors (Lipinski definition) is 6. The molecule has 1 saturated heterocycles. The lowest BCUT2D eigenvalue weighted by Gasteiger charge is -2.15. The van der Waals surface area contributed by atoms with Crippen molar-refractivity contribution in [3.8, 4) is 11.5 Å². The normalized spacial score (nSPS) is 15.0. The second-order valence-electron chi connectivity index (χ2n) is 5.81. The molecule has 150 valence electrons. The fraction of sp³-hybridized carbons (Fsp3) is 0.150. The highest BCUT2D eigenvalue weighted by molar-refractivity contribution is 8.26. The maximum Gasteiger partial charge on any atom is 0.285 e. The lowest BCUT2D eigenvalue weighted by molar-refractivity contribution is -0.123. The molecular formula is C20H17FN2O4S2. The minimum atomic E-state index is -0.565. The first-order valence-corrected chi connectivity index (χ1v) is 9.80. The average molecular weight is 432 g/mol. The second-order valence-corrected chi connectivity index (χ2v) is 7.48. The minimum absolute atomic E-state index is 0.189. The van der Waals surface area contributed by atoms with Crippen molar-refractivity contribution in [1.82, 2.24) is 10.4 Å². The van der Waals surface area contributed by atoms with Crippen molar-refractivity contribution in [2.24, 2.45) is 0 Å². The Balaban J connectivity index is 1.77. The molecule has 1 heterocycles. The summed E-state index contributed by atoms with van der Waals surface area (Å²) in [5, 5.41) is 1.00. The molecule has 0 spiro atoms. The van der Waals surface area contributed by atoms with Gasteiger partial charge in [-0.05, 0) is 67.2 Å². The van der Waals surface area contributed by atoms with Crippen LogP contribution < -0.4 is 14.9 Å². The Kier molecular flexibility index (Phi) is 6.50. The Morgan fingerprint density at radius 2 is 1.97 bits per heavy atom. The van der Waals surface area contributed by atoms with E-state index in [-0.39, 0.29) is 9.88 Å². The van der Waals surface area contributed by atoms with Gasteiger partial charge in [-0.2, -0.15) is 5.01 Å². The first-order chi connectivity index (χ1) is 13.9. The molecule has 2 amide bonds. The van der Waals surface area contributed by atoms with Crippen LogP contribution >= 0.6 is 24.0 Å². The summed E-state index contributed by atoms with van der Waals surface area (Å²) in [6.07, 6.45) is 1.65. The van der Waals surface area contributed by atoms with Crippen molar-refractivity contribution in [3.05, 3.63) is 64.3 Å². The van der Waals surface area contributed by atoms with Gasteiger partial charge in [0.25, 0.3) is 11.8 Å². The Bertz CT molecular complexity index is 992. The lowest BCUT2D eigenvalue weighted by atomic mass is 10.2. The van der Waals surface area contributed by atoms with Gasteiger partial charge in [-0.15, -0.1) is 0 Å². The number of benzene rings is 2. The molecule has 0 atom stereocenters. The van der Waals surface area contributed by atoms with E-state index in [1.54, 1.807) is 24.3 Å². The van der Waals surface area contributed by atoms with Crippen LogP contribution in [0, 0.1) is 5.82 Å². The van der Waals surface area contributed by atoms with Gasteiger partial charge in [0.1, 0.15) is 5.82 Å². The highest BCUT2D eigenvalue weighted by Gasteiger charge is 2.33. The van der Waals surface area contributed by atoms with Crippen LogP contribution in [0.2, 0.25) is 0 Å². The van der Waals surface area contributed by atoms with Gasteiger partial charge < -0.3 is 9.47 Å². The third-order valence-corrected chi connectivity index (χ3v) is 5.20. The molecule has 0 saturated carbocycles. The van der Waals surface area contributed by atoms with Crippen LogP contribution in [0.1, 0.15) is 22.8 Å². The van der Waals surface area contributed by atoms with Crippen LogP contribution in [0.3, 0.4) is 0 Å². The number of rotatable bonds is 6. The molecule has 1 N–H and O–H groups in total. The molecule has 0 radical (unpaired) electrons. The summed E-state index contributed by atoms with van der Waals surface area (Å²) in [7, 11) is 1.53. The molecule has 2 aromatic rings. The van der Waals surface area contributed by atoms with Crippen molar-refractivity contribution in [2.45, 2.75) is 6.92 Å². The van der Waals surface area contributed by atoms with Crippen LogP contribution in [0.4, 0.5) is 4.39 Å². The third kappa shape index (κ3) is 4.75. The van der Waals surface area contributed by atoms with E-state index < -0.39 is 17.6 Å². The van der Waals surface area contributed by atoms with Crippen LogP contribution in [-0.4, -0.2) is 34.9 Å². The Labute approximate surface area is 176 Å². The van der Waals surface area contributed by atoms with Gasteiger partial charge >= 0.3 is 0 Å². The quantitative estimate of drug-likeness (QED) is 0.554. The van der Waals surface area contributed by atoms with Crippen molar-refractivity contribution < 1.29 is 23.5 Å². The van der Waals surface area contributed by atoms with E-state index in [2.05, 4.69) is 5.43 Å². The third-order valence-electron chi connectivity index (χ3n) is 3.90. The number of methoxy groups -OCH3 is 1. The number of hydrazine groups is 1. The number of ether oxygens (including phenoxy) is 2. The maximum atomic E-state index is 13.0. The zero-order valence-electron chi connectivity index (χ0n) is 15.6. The number of halogens is 1. The molecule has 9 heteroatoms. The zero-order valence-corrected chi connectivity index (χ0v) is 17.2. The largest absolute Gasteiger partial charge is 0.493 e. The number of carbonyl (C=O) groups is 2. The molecule has 6 nitrogen and oxygen atoms in total. The molecule has 2 aromatic carbocycles. The van der Waals surface area contributed by atoms with E-state index in [9.17, 15) is 14.0 Å². The smallest absolute Gasteiger partial charge is 0.285 e. The first kappa shape index (κ1) is 20.8. The molecule has 0 aromatic heterocycles. The van der Waals surface area contributed by atoms with E-state index in [4.69, 9.17) is 21.7 Å². The fourth-order valence-corrected chi connectivity index (χ4v) is 3.71. The topological polar surface area (TPSA) is 67.9 Å². The Morgan fingerprint density at radius 1 is 1.24 bits per heavy atom. The monoisotopic (exact) mass is 432 g/mol. The summed E-state index contributed by atoms with van der Waals surface area (Å²) < 4.78 is 24.0. The molecule has 29 heavy (non-hydrogen) atoms. The molecule has 0 unspecified atom stereocenters. The number of amides is 2. The van der Waals surface area contributed by atoms with E-state index in [0.717, 1.165) is 22.3 Å². The number of hydrogen-bond donors (Lipinski definition) is 1. The van der Waals surface area contributed by atoms with E-state index >= 15 is 0 Å². The van der Waals surface area contributed by atoms with Gasteiger partial charge in [0.15, 0.2) is 15.8 Å². The standard InChI is InChI=1S/C20H17FN2O4S2/c1-3-27-15-9-4-12(10-16(15)26-2)11-17-19(25)23(20(28)29-17)22-18(24)13-5-7-14(21)8-6-13/h4-11H,3H2,1-2H3,(H,22,24). The Morgan fingerprint density at radius 3 is 2.62 bits per heavy atom. The van der Waals surface area contributed by atoms with E-state index in [1.165, 1.54) is 31.4 Å². The minimum Gasteiger partial charge on any atom is -0.493 e. The van der Waals surface area contributed by atoms with Crippen molar-refractivity contribution in [3.63, 3.8) is 0 Å². The number of thiocarbonyl (C=S) groups is 1. The molecule has 1 aliphatic rings. The lowest BCUT2D eigenvalue weighted by Crippen LogP contribution is -2.44. The van der Waals surface area contributed by atoms with Crippen LogP contribution in [-0.2, 0) is 4.79 Å². The van der Waals surface area contributed by atoms with Gasteiger partial charge in [0, 0.05) is 5.56 Å². The van der Waals surface area contributed by atoms with Crippen molar-refractivity contribution in [1.29, 1.82) is 0 Å². The summed E-state index contributed by atoms with van der Waals surface area (Å²) in [6.45, 7) is 2.38. The fourth-order valence-electron chi connectivity index (χ4n) is 2.53. The van der Waals surface area contributed by atoms with E-state index in [1.807, 2.05) is 6.92 Å². The SMILES string of the molecule is CCOc1ccc(C=C2SC(=S)N(NC(=O)c3ccc(F)cc3)C2=O)cc1OC. The number of nitrogens with zero attached hydrogens (tertiary/aromatic N) is 1. The van der Waals surface area contributed by atoms with Crippen LogP contribution in [0.25, 0.3) is 6.08 Å². The maximum absolute atomic E-state index is 13.0. The molecular weight excluding hydrogens is 415 g/mol. The highest BCUT2D eigenvalue weighted by atomic mass is 32.2. The Hall–Kier alpha value is -2.91. The highest BCUT2D eigenvalue weighted by Crippen LogP contribution is 2.34. The van der Waals surface area contributed by atoms with E-state index in [0.29, 0.717) is 23.0 Å². The summed E-state index contributed by atoms with van der Waals surface area (Å²) in [6, 6.07) is 10.3. The molecule has 3 rings (SSSR count). The second kappa shape index (κ2) is 9.06. The predicted molar refractivity (Wildman–Crippen MR) is 113 cm³/mol. The van der Waals surface area contributed by atoms with Gasteiger partial charge in [-0.1, -0.05) is 17.8 Å². The first-order valence-electron chi connectivity index (χ1n) is 8.58. The summed E-state index contributed by atoms with van der Waals surface area (Å²) in [5.41, 5.74) is 3.38. The average Bonchev–Trinajstić information content (AvgIpc) is 2.97. The number of nitrogens with one attached hydrogen (secondary N) is 1. The van der Waals surface area contributed by atoms with Crippen molar-refractivity contribution in [2.75, 3.05) is 13.7 Å². The van der Waals surface area contributed by atoms with Crippen molar-refractivity contribution >= 4 is 46.2 Å². The number of carbonyl (C=O) groups excluding carboxylic acids is 2. The van der Waals surface area contributed by atoms with Gasteiger partial charge in [-0.3, -0.25) is 15.0 Å². The van der Waals surface area contributed by atoms with Crippen LogP contribution in [0.5, 0.6) is 11.5 Å². The van der Waals surface area contributed by atoms with Gasteiger partial charge in [-0.25, -0.2) is 4.39 Å². The van der Waals surface area contributed by atoms with Gasteiger partial charge in [0.05, 0.1) is 18.6 Å². The molecule has 0 bridgehead atoms. The predicted octanol–water partition coefficient (Wildman–Crippen LogP) is 3.78. The molecule has 1 fully saturated rings. The summed E-state index contributed by atoms with van der Waals surface area (Å²) in [5.74, 6) is -0.332. The zero-order chi connectivity index (χ0) is 21.0. The van der Waals surface area contributed by atoms with Crippen LogP contribution in [0.15, 0.2) is 47.4 Å². The molecule has 1 aliphatic heterocycles. The summed E-state index contributed by atoms with van der Waals surface area (Å²) in [4.78, 5) is 25.3.